The molecular formula is C14H23N3O. The van der Waals surface area contributed by atoms with Gasteiger partial charge in [0.25, 0.3) is 0 Å². The Balaban J connectivity index is 1.97. The second kappa shape index (κ2) is 6.71. The molecule has 1 atom stereocenters. The highest BCUT2D eigenvalue weighted by molar-refractivity contribution is 5.39. The maximum atomic E-state index is 5.56. The summed E-state index contributed by atoms with van der Waals surface area (Å²) in [5, 5.41) is 3.38. The van der Waals surface area contributed by atoms with E-state index in [1.54, 1.807) is 0 Å². The van der Waals surface area contributed by atoms with Gasteiger partial charge in [0.15, 0.2) is 0 Å². The van der Waals surface area contributed by atoms with E-state index in [1.807, 2.05) is 0 Å². The smallest absolute Gasteiger partial charge is 0.129 e. The summed E-state index contributed by atoms with van der Waals surface area (Å²) < 4.78 is 5.56. The Kier molecular flexibility index (Phi) is 4.96. The first-order chi connectivity index (χ1) is 8.79. The molecule has 1 fully saturated rings. The molecule has 0 radical (unpaired) electrons. The minimum Gasteiger partial charge on any atom is -0.375 e. The molecule has 0 amide bonds. The number of ether oxygens (including phenoxy) is 1. The van der Waals surface area contributed by atoms with Crippen LogP contribution in [-0.4, -0.2) is 37.3 Å². The normalized spacial score (nSPS) is 20.1. The van der Waals surface area contributed by atoms with Gasteiger partial charge in [-0.3, -0.25) is 0 Å². The summed E-state index contributed by atoms with van der Waals surface area (Å²) >= 11 is 0. The molecule has 1 unspecified atom stereocenters. The first kappa shape index (κ1) is 13.3. The van der Waals surface area contributed by atoms with Crippen molar-refractivity contribution in [2.45, 2.75) is 32.9 Å². The van der Waals surface area contributed by atoms with Gasteiger partial charge in [-0.25, -0.2) is 4.98 Å². The van der Waals surface area contributed by atoms with Gasteiger partial charge in [0.1, 0.15) is 5.82 Å². The van der Waals surface area contributed by atoms with Crippen LogP contribution < -0.4 is 10.2 Å². The van der Waals surface area contributed by atoms with Crippen molar-refractivity contribution in [2.24, 2.45) is 0 Å². The van der Waals surface area contributed by atoms with E-state index in [0.29, 0.717) is 6.10 Å². The van der Waals surface area contributed by atoms with Crippen molar-refractivity contribution in [1.29, 1.82) is 0 Å². The second-order valence-electron chi connectivity index (χ2n) is 4.79. The van der Waals surface area contributed by atoms with Crippen molar-refractivity contribution < 1.29 is 4.74 Å². The van der Waals surface area contributed by atoms with Gasteiger partial charge in [0, 0.05) is 19.6 Å². The molecule has 1 aromatic rings. The Morgan fingerprint density at radius 2 is 2.39 bits per heavy atom. The van der Waals surface area contributed by atoms with Crippen LogP contribution in [0.4, 0.5) is 5.82 Å². The minimum atomic E-state index is 0.294. The topological polar surface area (TPSA) is 37.4 Å². The first-order valence-electron chi connectivity index (χ1n) is 6.83. The lowest BCUT2D eigenvalue weighted by molar-refractivity contribution is 0.0529. The lowest BCUT2D eigenvalue weighted by Crippen LogP contribution is -2.41. The van der Waals surface area contributed by atoms with E-state index >= 15 is 0 Å². The number of anilines is 1. The van der Waals surface area contributed by atoms with Crippen molar-refractivity contribution in [2.75, 3.05) is 31.1 Å². The monoisotopic (exact) mass is 249 g/mol. The average Bonchev–Trinajstić information content (AvgIpc) is 2.39. The highest BCUT2D eigenvalue weighted by atomic mass is 16.5. The lowest BCUT2D eigenvalue weighted by Gasteiger charge is -2.32. The van der Waals surface area contributed by atoms with Gasteiger partial charge in [-0.1, -0.05) is 13.0 Å². The van der Waals surface area contributed by atoms with E-state index < -0.39 is 0 Å². The predicted molar refractivity (Wildman–Crippen MR) is 73.9 cm³/mol. The van der Waals surface area contributed by atoms with Gasteiger partial charge < -0.3 is 15.0 Å². The number of rotatable bonds is 5. The Bertz CT molecular complexity index is 370. The number of nitrogens with zero attached hydrogens (tertiary/aromatic N) is 2. The average molecular weight is 249 g/mol. The van der Waals surface area contributed by atoms with Crippen LogP contribution in [0, 0.1) is 0 Å². The maximum absolute atomic E-state index is 5.56. The number of morpholine rings is 1. The third-order valence-electron chi connectivity index (χ3n) is 3.09. The van der Waals surface area contributed by atoms with E-state index in [-0.39, 0.29) is 0 Å². The van der Waals surface area contributed by atoms with E-state index in [9.17, 15) is 0 Å². The fourth-order valence-electron chi connectivity index (χ4n) is 2.16. The van der Waals surface area contributed by atoms with Crippen molar-refractivity contribution in [3.8, 4) is 0 Å². The van der Waals surface area contributed by atoms with Crippen LogP contribution >= 0.6 is 0 Å². The van der Waals surface area contributed by atoms with Crippen LogP contribution in [0.2, 0.25) is 0 Å². The largest absolute Gasteiger partial charge is 0.375 e. The standard InChI is InChI=1S/C14H23N3O/c1-3-7-15-10-13-5-4-6-14(16-13)17-8-9-18-12(2)11-17/h4-6,12,15H,3,7-11H2,1-2H3. The van der Waals surface area contributed by atoms with Crippen molar-refractivity contribution >= 4 is 5.82 Å². The molecule has 1 aromatic heterocycles. The number of aromatic nitrogens is 1. The van der Waals surface area contributed by atoms with Gasteiger partial charge in [0.05, 0.1) is 18.4 Å². The van der Waals surface area contributed by atoms with Gasteiger partial charge >= 0.3 is 0 Å². The zero-order valence-corrected chi connectivity index (χ0v) is 11.4. The van der Waals surface area contributed by atoms with Gasteiger partial charge in [-0.2, -0.15) is 0 Å². The number of hydrogen-bond donors (Lipinski definition) is 1. The molecule has 4 heteroatoms. The molecule has 1 N–H and O–H groups in total. The van der Waals surface area contributed by atoms with Gasteiger partial charge in [-0.05, 0) is 32.0 Å². The minimum absolute atomic E-state index is 0.294. The summed E-state index contributed by atoms with van der Waals surface area (Å²) in [5.74, 6) is 1.07. The third kappa shape index (κ3) is 3.68. The quantitative estimate of drug-likeness (QED) is 0.808. The zero-order chi connectivity index (χ0) is 12.8. The van der Waals surface area contributed by atoms with E-state index in [0.717, 1.165) is 50.7 Å². The molecule has 0 saturated carbocycles. The van der Waals surface area contributed by atoms with E-state index in [2.05, 4.69) is 42.3 Å². The Labute approximate surface area is 109 Å². The van der Waals surface area contributed by atoms with Crippen LogP contribution in [0.15, 0.2) is 18.2 Å². The maximum Gasteiger partial charge on any atom is 0.129 e. The number of hydrogen-bond acceptors (Lipinski definition) is 4. The molecule has 2 heterocycles. The molecule has 0 aliphatic carbocycles. The predicted octanol–water partition coefficient (Wildman–Crippen LogP) is 1.81. The zero-order valence-electron chi connectivity index (χ0n) is 11.4. The molecular weight excluding hydrogens is 226 g/mol. The highest BCUT2D eigenvalue weighted by Crippen LogP contribution is 2.15. The molecule has 1 saturated heterocycles. The molecule has 1 aliphatic heterocycles. The molecule has 0 bridgehead atoms. The molecule has 4 nitrogen and oxygen atoms in total. The lowest BCUT2D eigenvalue weighted by atomic mass is 10.2. The van der Waals surface area contributed by atoms with Crippen LogP contribution in [0.3, 0.4) is 0 Å². The summed E-state index contributed by atoms with van der Waals surface area (Å²) in [7, 11) is 0. The molecule has 100 valence electrons. The van der Waals surface area contributed by atoms with Crippen LogP contribution in [0.5, 0.6) is 0 Å². The molecule has 18 heavy (non-hydrogen) atoms. The third-order valence-corrected chi connectivity index (χ3v) is 3.09. The van der Waals surface area contributed by atoms with Crippen LogP contribution in [-0.2, 0) is 11.3 Å². The Morgan fingerprint density at radius 3 is 3.17 bits per heavy atom. The molecule has 0 aromatic carbocycles. The fourth-order valence-corrected chi connectivity index (χ4v) is 2.16. The Morgan fingerprint density at radius 1 is 1.50 bits per heavy atom. The summed E-state index contributed by atoms with van der Waals surface area (Å²) in [6, 6.07) is 6.25. The fraction of sp³-hybridized carbons (Fsp3) is 0.643. The van der Waals surface area contributed by atoms with E-state index in [1.165, 1.54) is 0 Å². The number of pyridine rings is 1. The van der Waals surface area contributed by atoms with Gasteiger partial charge in [0.2, 0.25) is 0 Å². The van der Waals surface area contributed by atoms with Crippen LogP contribution in [0.1, 0.15) is 26.0 Å². The summed E-state index contributed by atoms with van der Waals surface area (Å²) in [4.78, 5) is 7.01. The SMILES string of the molecule is CCCNCc1cccc(N2CCOC(C)C2)n1. The van der Waals surface area contributed by atoms with Crippen molar-refractivity contribution in [3.63, 3.8) is 0 Å². The van der Waals surface area contributed by atoms with E-state index in [4.69, 9.17) is 9.72 Å². The summed E-state index contributed by atoms with van der Waals surface area (Å²) in [6.45, 7) is 8.83. The molecule has 1 aliphatic rings. The second-order valence-corrected chi connectivity index (χ2v) is 4.79. The van der Waals surface area contributed by atoms with Gasteiger partial charge in [-0.15, -0.1) is 0 Å². The first-order valence-corrected chi connectivity index (χ1v) is 6.83. The number of nitrogens with one attached hydrogen (secondary N) is 1. The van der Waals surface area contributed by atoms with Crippen molar-refractivity contribution in [3.05, 3.63) is 23.9 Å². The Hall–Kier alpha value is -1.13. The molecule has 2 rings (SSSR count). The highest BCUT2D eigenvalue weighted by Gasteiger charge is 2.17. The van der Waals surface area contributed by atoms with Crippen LogP contribution in [0.25, 0.3) is 0 Å². The molecule has 0 spiro atoms. The summed E-state index contributed by atoms with van der Waals surface area (Å²) in [6.07, 6.45) is 1.45. The van der Waals surface area contributed by atoms with Crippen molar-refractivity contribution in [1.82, 2.24) is 10.3 Å². The summed E-state index contributed by atoms with van der Waals surface area (Å²) in [5.41, 5.74) is 1.11.